The second kappa shape index (κ2) is 3.55. The Labute approximate surface area is 57.3 Å². The molecule has 38 valence electrons. The minimum Gasteiger partial charge on any atom is -0.854 e. The molecule has 0 N–H and O–H groups in total. The minimum atomic E-state index is -0.0139. The monoisotopic (exact) mass is 94.1 g/mol. The molecular weight excluding hydrogens is 83.0 g/mol. The van der Waals surface area contributed by atoms with Gasteiger partial charge in [0.1, 0.15) is 0 Å². The van der Waals surface area contributed by atoms with Crippen molar-refractivity contribution < 1.29 is 24.0 Å². The van der Waals surface area contributed by atoms with E-state index in [0.29, 0.717) is 0 Å². The second-order valence-corrected chi connectivity index (χ2v) is 2.70. The van der Waals surface area contributed by atoms with Gasteiger partial charge in [0.2, 0.25) is 0 Å². The summed E-state index contributed by atoms with van der Waals surface area (Å²) >= 11 is 0. The standard InChI is InChI=1S/C5H11O.Li/c1-5(2,3)4-6;/h4H2,1-3H3;/q-1;+1. The molecule has 0 unspecified atom stereocenters. The van der Waals surface area contributed by atoms with Crippen LogP contribution in [0.3, 0.4) is 0 Å². The maximum Gasteiger partial charge on any atom is 1.00 e. The summed E-state index contributed by atoms with van der Waals surface area (Å²) in [5.74, 6) is 0. The third kappa shape index (κ3) is 10.8. The van der Waals surface area contributed by atoms with Crippen molar-refractivity contribution in [3.8, 4) is 0 Å². The fourth-order valence-electron chi connectivity index (χ4n) is 0. The van der Waals surface area contributed by atoms with E-state index in [1.165, 1.54) is 0 Å². The summed E-state index contributed by atoms with van der Waals surface area (Å²) in [6.45, 7) is 5.81. The van der Waals surface area contributed by atoms with Crippen LogP contribution < -0.4 is 24.0 Å². The maximum absolute atomic E-state index is 9.95. The molecule has 0 aromatic heterocycles. The topological polar surface area (TPSA) is 23.1 Å². The van der Waals surface area contributed by atoms with Crippen molar-refractivity contribution in [2.24, 2.45) is 5.41 Å². The summed E-state index contributed by atoms with van der Waals surface area (Å²) in [5.41, 5.74) is -0.0139. The third-order valence-corrected chi connectivity index (χ3v) is 0.433. The summed E-state index contributed by atoms with van der Waals surface area (Å²) < 4.78 is 0. The Morgan fingerprint density at radius 3 is 1.43 bits per heavy atom. The largest absolute Gasteiger partial charge is 1.00 e. The molecular formula is C5H11LiO. The van der Waals surface area contributed by atoms with Crippen molar-refractivity contribution in [1.29, 1.82) is 0 Å². The Bertz CT molecular complexity index is 37.8. The molecule has 0 aliphatic heterocycles. The average Bonchev–Trinajstić information content (AvgIpc) is 1.35. The quantitative estimate of drug-likeness (QED) is 0.302. The van der Waals surface area contributed by atoms with Gasteiger partial charge in [-0.15, -0.1) is 6.61 Å². The van der Waals surface area contributed by atoms with Crippen LogP contribution >= 0.6 is 0 Å². The SMILES string of the molecule is CC(C)(C)C[O-].[Li+]. The predicted molar refractivity (Wildman–Crippen MR) is 24.3 cm³/mol. The van der Waals surface area contributed by atoms with Crippen molar-refractivity contribution in [3.63, 3.8) is 0 Å². The van der Waals surface area contributed by atoms with Crippen molar-refractivity contribution in [2.75, 3.05) is 6.61 Å². The van der Waals surface area contributed by atoms with Crippen molar-refractivity contribution in [1.82, 2.24) is 0 Å². The molecule has 0 saturated carbocycles. The number of rotatable bonds is 0. The van der Waals surface area contributed by atoms with Crippen LogP contribution in [0.2, 0.25) is 0 Å². The van der Waals surface area contributed by atoms with Crippen LogP contribution in [0.5, 0.6) is 0 Å². The minimum absolute atomic E-state index is 0. The third-order valence-electron chi connectivity index (χ3n) is 0.433. The molecule has 0 fully saturated rings. The van der Waals surface area contributed by atoms with Crippen molar-refractivity contribution >= 4 is 0 Å². The van der Waals surface area contributed by atoms with Gasteiger partial charge < -0.3 is 5.11 Å². The molecule has 7 heavy (non-hydrogen) atoms. The Morgan fingerprint density at radius 1 is 1.29 bits per heavy atom. The molecule has 0 saturated heterocycles. The van der Waals surface area contributed by atoms with Gasteiger partial charge in [0.15, 0.2) is 0 Å². The van der Waals surface area contributed by atoms with Crippen LogP contribution in [0.1, 0.15) is 20.8 Å². The van der Waals surface area contributed by atoms with Crippen LogP contribution in [0.25, 0.3) is 0 Å². The van der Waals surface area contributed by atoms with Crippen molar-refractivity contribution in [2.45, 2.75) is 20.8 Å². The number of hydrogen-bond donors (Lipinski definition) is 0. The first-order valence-electron chi connectivity index (χ1n) is 2.14. The van der Waals surface area contributed by atoms with Gasteiger partial charge in [-0.25, -0.2) is 0 Å². The second-order valence-electron chi connectivity index (χ2n) is 2.70. The van der Waals surface area contributed by atoms with E-state index < -0.39 is 0 Å². The first kappa shape index (κ1) is 10.5. The van der Waals surface area contributed by atoms with E-state index >= 15 is 0 Å². The summed E-state index contributed by atoms with van der Waals surface area (Å²) in [5, 5.41) is 9.95. The van der Waals surface area contributed by atoms with E-state index in [-0.39, 0.29) is 30.9 Å². The molecule has 0 heterocycles. The molecule has 0 atom stereocenters. The molecule has 0 aliphatic rings. The first-order valence-corrected chi connectivity index (χ1v) is 2.14. The Kier molecular flexibility index (Phi) is 5.33. The zero-order chi connectivity index (χ0) is 5.21. The predicted octanol–water partition coefficient (Wildman–Crippen LogP) is -2.60. The molecule has 2 heteroatoms. The van der Waals surface area contributed by atoms with Gasteiger partial charge in [-0.2, -0.15) is 0 Å². The van der Waals surface area contributed by atoms with Crippen LogP contribution in [0.4, 0.5) is 0 Å². The molecule has 1 nitrogen and oxygen atoms in total. The molecule has 0 bridgehead atoms. The van der Waals surface area contributed by atoms with E-state index in [9.17, 15) is 5.11 Å². The zero-order valence-corrected chi connectivity index (χ0v) is 5.62. The Hall–Kier alpha value is 0.557. The van der Waals surface area contributed by atoms with Gasteiger partial charge in [-0.1, -0.05) is 26.2 Å². The van der Waals surface area contributed by atoms with Gasteiger partial charge in [-0.05, 0) is 0 Å². The summed E-state index contributed by atoms with van der Waals surface area (Å²) in [6, 6.07) is 0. The van der Waals surface area contributed by atoms with Gasteiger partial charge in [0.25, 0.3) is 0 Å². The summed E-state index contributed by atoms with van der Waals surface area (Å²) in [6.07, 6.45) is 0. The van der Waals surface area contributed by atoms with E-state index in [4.69, 9.17) is 0 Å². The van der Waals surface area contributed by atoms with Crippen LogP contribution in [0.15, 0.2) is 0 Å². The molecule has 0 aromatic carbocycles. The van der Waals surface area contributed by atoms with Crippen molar-refractivity contribution in [3.05, 3.63) is 0 Å². The normalized spacial score (nSPS) is 10.3. The number of hydrogen-bond acceptors (Lipinski definition) is 1. The molecule has 0 aliphatic carbocycles. The molecule has 0 spiro atoms. The van der Waals surface area contributed by atoms with E-state index in [0.717, 1.165) is 0 Å². The fraction of sp³-hybridized carbons (Fsp3) is 1.00. The van der Waals surface area contributed by atoms with Gasteiger partial charge in [-0.3, -0.25) is 0 Å². The van der Waals surface area contributed by atoms with Gasteiger partial charge in [0.05, 0.1) is 0 Å². The molecule has 0 rings (SSSR count). The maximum atomic E-state index is 9.95. The molecule has 0 aromatic rings. The van der Waals surface area contributed by atoms with Crippen LogP contribution in [-0.4, -0.2) is 6.61 Å². The van der Waals surface area contributed by atoms with Crippen LogP contribution in [0, 0.1) is 5.41 Å². The summed E-state index contributed by atoms with van der Waals surface area (Å²) in [7, 11) is 0. The van der Waals surface area contributed by atoms with Gasteiger partial charge in [0, 0.05) is 0 Å². The van der Waals surface area contributed by atoms with E-state index in [1.807, 2.05) is 20.8 Å². The van der Waals surface area contributed by atoms with Gasteiger partial charge >= 0.3 is 18.9 Å². The fourth-order valence-corrected chi connectivity index (χ4v) is 0. The smallest absolute Gasteiger partial charge is 0.854 e. The first-order chi connectivity index (χ1) is 2.56. The van der Waals surface area contributed by atoms with E-state index in [1.54, 1.807) is 0 Å². The summed E-state index contributed by atoms with van der Waals surface area (Å²) in [4.78, 5) is 0. The average molecular weight is 94.1 g/mol. The Morgan fingerprint density at radius 2 is 1.43 bits per heavy atom. The molecule has 0 radical (unpaired) electrons. The zero-order valence-electron chi connectivity index (χ0n) is 5.62. The Balaban J connectivity index is 0. The van der Waals surface area contributed by atoms with Crippen LogP contribution in [-0.2, 0) is 0 Å². The molecule has 0 amide bonds. The van der Waals surface area contributed by atoms with E-state index in [2.05, 4.69) is 0 Å².